The maximum absolute atomic E-state index is 11.5. The smallest absolute Gasteiger partial charge is 0.333 e. The van der Waals surface area contributed by atoms with Crippen LogP contribution in [0.5, 0.6) is 0 Å². The first-order valence-corrected chi connectivity index (χ1v) is 9.56. The normalized spacial score (nSPS) is 10.4. The van der Waals surface area contributed by atoms with Crippen molar-refractivity contribution in [1.29, 1.82) is 0 Å². The Labute approximate surface area is 148 Å². The van der Waals surface area contributed by atoms with E-state index in [1.54, 1.807) is 6.92 Å². The van der Waals surface area contributed by atoms with Gasteiger partial charge in [-0.05, 0) is 13.3 Å². The minimum absolute atomic E-state index is 0.0929. The summed E-state index contributed by atoms with van der Waals surface area (Å²) in [7, 11) is 0. The van der Waals surface area contributed by atoms with Gasteiger partial charge < -0.3 is 9.47 Å². The summed E-state index contributed by atoms with van der Waals surface area (Å²) in [4.78, 5) is 22.6. The van der Waals surface area contributed by atoms with Crippen molar-refractivity contribution in [3.05, 3.63) is 12.2 Å². The second-order valence-electron chi connectivity index (χ2n) is 6.42. The summed E-state index contributed by atoms with van der Waals surface area (Å²) in [6.45, 7) is 7.52. The second-order valence-corrected chi connectivity index (χ2v) is 6.42. The first kappa shape index (κ1) is 22.7. The van der Waals surface area contributed by atoms with E-state index in [2.05, 4.69) is 13.5 Å². The fourth-order valence-electron chi connectivity index (χ4n) is 2.42. The molecule has 0 atom stereocenters. The monoisotopic (exact) mass is 340 g/mol. The van der Waals surface area contributed by atoms with E-state index in [-0.39, 0.29) is 19.2 Å². The van der Waals surface area contributed by atoms with E-state index in [9.17, 15) is 9.59 Å². The highest BCUT2D eigenvalue weighted by Gasteiger charge is 2.05. The molecule has 0 aliphatic heterocycles. The number of rotatable bonds is 16. The van der Waals surface area contributed by atoms with Crippen molar-refractivity contribution in [2.75, 3.05) is 13.2 Å². The molecule has 0 aromatic heterocycles. The van der Waals surface area contributed by atoms with E-state index in [1.807, 2.05) is 0 Å². The lowest BCUT2D eigenvalue weighted by Crippen LogP contribution is -2.14. The number of hydrogen-bond acceptors (Lipinski definition) is 4. The van der Waals surface area contributed by atoms with Crippen molar-refractivity contribution in [1.82, 2.24) is 0 Å². The fourth-order valence-corrected chi connectivity index (χ4v) is 2.42. The third kappa shape index (κ3) is 15.6. The standard InChI is InChI=1S/C20H36O4/c1-4-5-6-7-8-9-10-11-12-13-14-15-19(21)23-16-17-24-20(22)18(2)3/h2,4-17H2,1,3H3. The predicted molar refractivity (Wildman–Crippen MR) is 97.8 cm³/mol. The van der Waals surface area contributed by atoms with Crippen LogP contribution in [0.3, 0.4) is 0 Å². The Morgan fingerprint density at radius 1 is 0.750 bits per heavy atom. The first-order valence-electron chi connectivity index (χ1n) is 9.56. The van der Waals surface area contributed by atoms with Gasteiger partial charge >= 0.3 is 11.9 Å². The molecule has 0 amide bonds. The molecule has 0 aliphatic rings. The van der Waals surface area contributed by atoms with Gasteiger partial charge in [-0.25, -0.2) is 4.79 Å². The zero-order valence-corrected chi connectivity index (χ0v) is 15.7. The minimum atomic E-state index is -0.448. The lowest BCUT2D eigenvalue weighted by atomic mass is 10.1. The topological polar surface area (TPSA) is 52.6 Å². The van der Waals surface area contributed by atoms with Crippen LogP contribution in [0.2, 0.25) is 0 Å². The van der Waals surface area contributed by atoms with Gasteiger partial charge in [-0.15, -0.1) is 0 Å². The quantitative estimate of drug-likeness (QED) is 0.216. The van der Waals surface area contributed by atoms with E-state index < -0.39 is 5.97 Å². The van der Waals surface area contributed by atoms with Crippen molar-refractivity contribution in [2.45, 2.75) is 90.9 Å². The molecule has 0 N–H and O–H groups in total. The van der Waals surface area contributed by atoms with Crippen LogP contribution in [-0.4, -0.2) is 25.2 Å². The van der Waals surface area contributed by atoms with E-state index >= 15 is 0 Å². The van der Waals surface area contributed by atoms with Gasteiger partial charge in [0.25, 0.3) is 0 Å². The molecule has 0 aliphatic carbocycles. The molecular weight excluding hydrogens is 304 g/mol. The molecule has 0 spiro atoms. The average Bonchev–Trinajstić information content (AvgIpc) is 2.56. The molecule has 0 unspecified atom stereocenters. The lowest BCUT2D eigenvalue weighted by Gasteiger charge is -2.06. The van der Waals surface area contributed by atoms with Crippen molar-refractivity contribution >= 4 is 11.9 Å². The molecule has 0 aromatic rings. The van der Waals surface area contributed by atoms with Crippen LogP contribution >= 0.6 is 0 Å². The van der Waals surface area contributed by atoms with Gasteiger partial charge in [-0.2, -0.15) is 0 Å². The van der Waals surface area contributed by atoms with Gasteiger partial charge in [0.15, 0.2) is 0 Å². The van der Waals surface area contributed by atoms with E-state index in [0.717, 1.165) is 12.8 Å². The summed E-state index contributed by atoms with van der Waals surface area (Å²) >= 11 is 0. The molecule has 0 bridgehead atoms. The van der Waals surface area contributed by atoms with Gasteiger partial charge in [0.2, 0.25) is 0 Å². The van der Waals surface area contributed by atoms with Crippen molar-refractivity contribution in [2.24, 2.45) is 0 Å². The third-order valence-corrected chi connectivity index (χ3v) is 3.91. The summed E-state index contributed by atoms with van der Waals surface area (Å²) in [5, 5.41) is 0. The lowest BCUT2D eigenvalue weighted by molar-refractivity contribution is -0.150. The third-order valence-electron chi connectivity index (χ3n) is 3.91. The summed E-state index contributed by atoms with van der Waals surface area (Å²) < 4.78 is 9.87. The SMILES string of the molecule is C=C(C)C(=O)OCCOC(=O)CCCCCCCCCCCCC. The fraction of sp³-hybridized carbons (Fsp3) is 0.800. The van der Waals surface area contributed by atoms with Crippen LogP contribution < -0.4 is 0 Å². The van der Waals surface area contributed by atoms with Gasteiger partial charge in [0, 0.05) is 12.0 Å². The largest absolute Gasteiger partial charge is 0.462 e. The maximum atomic E-state index is 11.5. The van der Waals surface area contributed by atoms with Gasteiger partial charge in [0.05, 0.1) is 0 Å². The molecule has 24 heavy (non-hydrogen) atoms. The Morgan fingerprint density at radius 3 is 1.71 bits per heavy atom. The van der Waals surface area contributed by atoms with Crippen molar-refractivity contribution in [3.8, 4) is 0 Å². The molecule has 0 saturated heterocycles. The molecular formula is C20H36O4. The molecule has 0 rings (SSSR count). The molecule has 0 radical (unpaired) electrons. The molecule has 4 nitrogen and oxygen atoms in total. The summed E-state index contributed by atoms with van der Waals surface area (Å²) in [6.07, 6.45) is 14.3. The molecule has 140 valence electrons. The van der Waals surface area contributed by atoms with Gasteiger partial charge in [0.1, 0.15) is 13.2 Å². The predicted octanol–water partition coefficient (Wildman–Crippen LogP) is 5.35. The average molecular weight is 341 g/mol. The number of hydrogen-bond donors (Lipinski definition) is 0. The summed E-state index contributed by atoms with van der Waals surface area (Å²) in [6, 6.07) is 0. The van der Waals surface area contributed by atoms with Crippen molar-refractivity contribution < 1.29 is 19.1 Å². The number of esters is 2. The zero-order chi connectivity index (χ0) is 18.0. The molecule has 0 fully saturated rings. The summed E-state index contributed by atoms with van der Waals surface area (Å²) in [5.74, 6) is -0.659. The van der Waals surface area contributed by atoms with E-state index in [1.165, 1.54) is 57.8 Å². The summed E-state index contributed by atoms with van der Waals surface area (Å²) in [5.41, 5.74) is 0.349. The first-order chi connectivity index (χ1) is 11.6. The van der Waals surface area contributed by atoms with Crippen LogP contribution in [0.15, 0.2) is 12.2 Å². The van der Waals surface area contributed by atoms with Crippen LogP contribution in [0, 0.1) is 0 Å². The molecule has 0 aromatic carbocycles. The van der Waals surface area contributed by atoms with Gasteiger partial charge in [-0.3, -0.25) is 4.79 Å². The molecule has 0 saturated carbocycles. The molecule has 0 heterocycles. The number of ether oxygens (including phenoxy) is 2. The van der Waals surface area contributed by atoms with Crippen LogP contribution in [0.1, 0.15) is 90.9 Å². The Bertz CT molecular complexity index is 350. The van der Waals surface area contributed by atoms with Crippen molar-refractivity contribution in [3.63, 3.8) is 0 Å². The Kier molecular flexibility index (Phi) is 15.6. The highest BCUT2D eigenvalue weighted by molar-refractivity contribution is 5.86. The van der Waals surface area contributed by atoms with Crippen LogP contribution in [-0.2, 0) is 19.1 Å². The van der Waals surface area contributed by atoms with Gasteiger partial charge in [-0.1, -0.05) is 77.7 Å². The van der Waals surface area contributed by atoms with Crippen LogP contribution in [0.4, 0.5) is 0 Å². The Morgan fingerprint density at radius 2 is 1.21 bits per heavy atom. The Hall–Kier alpha value is -1.32. The maximum Gasteiger partial charge on any atom is 0.333 e. The second kappa shape index (κ2) is 16.5. The highest BCUT2D eigenvalue weighted by atomic mass is 16.6. The number of carbonyl (C=O) groups is 2. The van der Waals surface area contributed by atoms with Crippen LogP contribution in [0.25, 0.3) is 0 Å². The van der Waals surface area contributed by atoms with E-state index in [4.69, 9.17) is 9.47 Å². The number of unbranched alkanes of at least 4 members (excludes halogenated alkanes) is 10. The highest BCUT2D eigenvalue weighted by Crippen LogP contribution is 2.12. The zero-order valence-electron chi connectivity index (χ0n) is 15.7. The number of carbonyl (C=O) groups excluding carboxylic acids is 2. The van der Waals surface area contributed by atoms with E-state index in [0.29, 0.717) is 12.0 Å². The Balaban J connectivity index is 3.26. The molecule has 4 heteroatoms. The minimum Gasteiger partial charge on any atom is -0.462 e.